The number of hydrogen-bond acceptors (Lipinski definition) is 1. The summed E-state index contributed by atoms with van der Waals surface area (Å²) in [6.07, 6.45) is 0. The standard InChI is InChI=1S/C49H36N2/c1-49(2)45-21-10-8-18-41(45)42-29-27-37(31-46(42)49)50(36-25-23-34(24-26-36)40-20-12-14-33-13-6-7-17-39(33)40)38-28-30-44-43-19-9-11-22-47(43)51(48(44)32-38)35-15-4-3-5-16-35/h3-32H,1-2H3. The minimum absolute atomic E-state index is 0.102. The maximum Gasteiger partial charge on any atom is 0.0561 e. The van der Waals surface area contributed by atoms with Crippen molar-refractivity contribution in [1.82, 2.24) is 4.57 Å². The van der Waals surface area contributed by atoms with Crippen molar-refractivity contribution in [3.63, 3.8) is 0 Å². The predicted octanol–water partition coefficient (Wildman–Crippen LogP) is 13.4. The van der Waals surface area contributed by atoms with Gasteiger partial charge in [-0.2, -0.15) is 0 Å². The van der Waals surface area contributed by atoms with Gasteiger partial charge in [-0.05, 0) is 98.8 Å². The van der Waals surface area contributed by atoms with Gasteiger partial charge < -0.3 is 9.47 Å². The molecule has 0 amide bonds. The fourth-order valence-electron chi connectivity index (χ4n) is 8.50. The average molecular weight is 653 g/mol. The Balaban J connectivity index is 1.18. The van der Waals surface area contributed by atoms with Gasteiger partial charge in [-0.1, -0.05) is 141 Å². The van der Waals surface area contributed by atoms with Gasteiger partial charge in [0.15, 0.2) is 0 Å². The molecule has 1 heterocycles. The quantitative estimate of drug-likeness (QED) is 0.180. The Morgan fingerprint density at radius 2 is 1.02 bits per heavy atom. The van der Waals surface area contributed by atoms with Crippen LogP contribution < -0.4 is 4.90 Å². The average Bonchev–Trinajstić information content (AvgIpc) is 3.63. The summed E-state index contributed by atoms with van der Waals surface area (Å²) >= 11 is 0. The molecule has 51 heavy (non-hydrogen) atoms. The lowest BCUT2D eigenvalue weighted by molar-refractivity contribution is 0.660. The first-order valence-corrected chi connectivity index (χ1v) is 17.8. The molecule has 0 bridgehead atoms. The molecule has 0 atom stereocenters. The first-order chi connectivity index (χ1) is 25.1. The Morgan fingerprint density at radius 1 is 0.412 bits per heavy atom. The Hall–Kier alpha value is -6.38. The Morgan fingerprint density at radius 3 is 1.88 bits per heavy atom. The fraction of sp³-hybridized carbons (Fsp3) is 0.0612. The normalized spacial score (nSPS) is 13.1. The van der Waals surface area contributed by atoms with Crippen molar-refractivity contribution in [3.05, 3.63) is 193 Å². The number of anilines is 3. The van der Waals surface area contributed by atoms with Crippen LogP contribution in [0.25, 0.3) is 60.5 Å². The molecule has 10 rings (SSSR count). The van der Waals surface area contributed by atoms with Crippen molar-refractivity contribution in [2.45, 2.75) is 19.3 Å². The second kappa shape index (κ2) is 11.3. The molecule has 0 unspecified atom stereocenters. The zero-order valence-electron chi connectivity index (χ0n) is 28.7. The predicted molar refractivity (Wildman–Crippen MR) is 216 cm³/mol. The van der Waals surface area contributed by atoms with E-state index in [0.717, 1.165) is 22.7 Å². The monoisotopic (exact) mass is 652 g/mol. The molecule has 0 saturated carbocycles. The summed E-state index contributed by atoms with van der Waals surface area (Å²) < 4.78 is 2.40. The van der Waals surface area contributed by atoms with Gasteiger partial charge in [0, 0.05) is 38.9 Å². The van der Waals surface area contributed by atoms with Gasteiger partial charge in [-0.25, -0.2) is 0 Å². The van der Waals surface area contributed by atoms with Crippen LogP contribution in [0.5, 0.6) is 0 Å². The fourth-order valence-corrected chi connectivity index (χ4v) is 8.50. The molecule has 0 saturated heterocycles. The lowest BCUT2D eigenvalue weighted by atomic mass is 9.82. The minimum Gasteiger partial charge on any atom is -0.310 e. The number of hydrogen-bond donors (Lipinski definition) is 0. The maximum atomic E-state index is 2.43. The van der Waals surface area contributed by atoms with Gasteiger partial charge in [0.25, 0.3) is 0 Å². The van der Waals surface area contributed by atoms with Gasteiger partial charge in [-0.15, -0.1) is 0 Å². The van der Waals surface area contributed by atoms with Crippen LogP contribution in [0, 0.1) is 0 Å². The summed E-state index contributed by atoms with van der Waals surface area (Å²) in [5.74, 6) is 0. The van der Waals surface area contributed by atoms with Crippen molar-refractivity contribution in [3.8, 4) is 27.9 Å². The van der Waals surface area contributed by atoms with Crippen LogP contribution in [0.4, 0.5) is 17.1 Å². The summed E-state index contributed by atoms with van der Waals surface area (Å²) in [6, 6.07) is 66.7. The highest BCUT2D eigenvalue weighted by Crippen LogP contribution is 2.51. The van der Waals surface area contributed by atoms with Crippen LogP contribution in [0.15, 0.2) is 182 Å². The highest BCUT2D eigenvalue weighted by atomic mass is 15.1. The van der Waals surface area contributed by atoms with E-state index in [9.17, 15) is 0 Å². The van der Waals surface area contributed by atoms with Crippen molar-refractivity contribution in [2.24, 2.45) is 0 Å². The molecule has 1 aromatic heterocycles. The van der Waals surface area contributed by atoms with Gasteiger partial charge in [-0.3, -0.25) is 0 Å². The number of fused-ring (bicyclic) bond motifs is 7. The first kappa shape index (κ1) is 29.5. The van der Waals surface area contributed by atoms with Gasteiger partial charge in [0.1, 0.15) is 0 Å². The zero-order chi connectivity index (χ0) is 34.1. The molecule has 2 nitrogen and oxygen atoms in total. The van der Waals surface area contributed by atoms with Crippen molar-refractivity contribution in [1.29, 1.82) is 0 Å². The summed E-state index contributed by atoms with van der Waals surface area (Å²) in [6.45, 7) is 4.71. The zero-order valence-corrected chi connectivity index (χ0v) is 28.7. The summed E-state index contributed by atoms with van der Waals surface area (Å²) in [7, 11) is 0. The molecular formula is C49H36N2. The highest BCUT2D eigenvalue weighted by Gasteiger charge is 2.35. The van der Waals surface area contributed by atoms with Crippen LogP contribution in [0.2, 0.25) is 0 Å². The molecule has 8 aromatic carbocycles. The lowest BCUT2D eigenvalue weighted by Gasteiger charge is -2.28. The van der Waals surface area contributed by atoms with Crippen LogP contribution in [-0.2, 0) is 5.41 Å². The van der Waals surface area contributed by atoms with Crippen LogP contribution in [-0.4, -0.2) is 4.57 Å². The second-order valence-electron chi connectivity index (χ2n) is 14.2. The van der Waals surface area contributed by atoms with Gasteiger partial charge in [0.2, 0.25) is 0 Å². The summed E-state index contributed by atoms with van der Waals surface area (Å²) in [5.41, 5.74) is 14.7. The Labute approximate surface area is 298 Å². The van der Waals surface area contributed by atoms with Crippen LogP contribution >= 0.6 is 0 Å². The largest absolute Gasteiger partial charge is 0.310 e. The van der Waals surface area contributed by atoms with Gasteiger partial charge >= 0.3 is 0 Å². The topological polar surface area (TPSA) is 8.17 Å². The molecule has 0 N–H and O–H groups in total. The summed E-state index contributed by atoms with van der Waals surface area (Å²) in [5, 5.41) is 5.02. The third-order valence-corrected chi connectivity index (χ3v) is 11.0. The lowest BCUT2D eigenvalue weighted by Crippen LogP contribution is -2.16. The Kier molecular flexibility index (Phi) is 6.56. The molecule has 0 fully saturated rings. The Bertz CT molecular complexity index is 2760. The van der Waals surface area contributed by atoms with E-state index < -0.39 is 0 Å². The molecule has 1 aliphatic rings. The molecule has 242 valence electrons. The van der Waals surface area contributed by atoms with Crippen molar-refractivity contribution >= 4 is 49.6 Å². The van der Waals surface area contributed by atoms with E-state index in [0.29, 0.717) is 0 Å². The minimum atomic E-state index is -0.102. The van der Waals surface area contributed by atoms with E-state index in [2.05, 4.69) is 205 Å². The number of aromatic nitrogens is 1. The van der Waals surface area contributed by atoms with Crippen LogP contribution in [0.1, 0.15) is 25.0 Å². The van der Waals surface area contributed by atoms with Crippen LogP contribution in [0.3, 0.4) is 0 Å². The van der Waals surface area contributed by atoms with E-state index in [1.54, 1.807) is 0 Å². The third-order valence-electron chi connectivity index (χ3n) is 11.0. The molecule has 0 spiro atoms. The number of benzene rings is 8. The molecule has 1 aliphatic carbocycles. The smallest absolute Gasteiger partial charge is 0.0561 e. The van der Waals surface area contributed by atoms with E-state index in [1.165, 1.54) is 66.0 Å². The molecule has 0 radical (unpaired) electrons. The second-order valence-corrected chi connectivity index (χ2v) is 14.2. The van der Waals surface area contributed by atoms with E-state index in [-0.39, 0.29) is 5.41 Å². The first-order valence-electron chi connectivity index (χ1n) is 17.8. The molecule has 2 heteroatoms. The highest BCUT2D eigenvalue weighted by molar-refractivity contribution is 6.10. The van der Waals surface area contributed by atoms with Crippen molar-refractivity contribution < 1.29 is 0 Å². The molecular weight excluding hydrogens is 617 g/mol. The number of para-hydroxylation sites is 2. The van der Waals surface area contributed by atoms with E-state index in [4.69, 9.17) is 0 Å². The number of nitrogens with zero attached hydrogens (tertiary/aromatic N) is 2. The molecule has 0 aliphatic heterocycles. The van der Waals surface area contributed by atoms with Crippen molar-refractivity contribution in [2.75, 3.05) is 4.90 Å². The van der Waals surface area contributed by atoms with Gasteiger partial charge in [0.05, 0.1) is 11.0 Å². The van der Waals surface area contributed by atoms with E-state index >= 15 is 0 Å². The summed E-state index contributed by atoms with van der Waals surface area (Å²) in [4.78, 5) is 2.43. The molecule has 9 aromatic rings. The number of rotatable bonds is 5. The third kappa shape index (κ3) is 4.57. The SMILES string of the molecule is CC1(C)c2ccccc2-c2ccc(N(c3ccc(-c4cccc5ccccc45)cc3)c3ccc4c5ccccc5n(-c5ccccc5)c4c3)cc21. The maximum absolute atomic E-state index is 2.43. The van der Waals surface area contributed by atoms with E-state index in [1.807, 2.05) is 0 Å².